The second-order valence-corrected chi connectivity index (χ2v) is 5.90. The third kappa shape index (κ3) is 4.45. The lowest BCUT2D eigenvalue weighted by Gasteiger charge is -2.08. The van der Waals surface area contributed by atoms with E-state index in [0.717, 1.165) is 24.6 Å². The van der Waals surface area contributed by atoms with Gasteiger partial charge in [0.25, 0.3) is 0 Å². The van der Waals surface area contributed by atoms with Crippen LogP contribution in [-0.2, 0) is 17.3 Å². The van der Waals surface area contributed by atoms with E-state index in [1.807, 2.05) is 6.92 Å². The van der Waals surface area contributed by atoms with Crippen molar-refractivity contribution in [1.29, 1.82) is 0 Å². The average molecular weight is 239 g/mol. The molecule has 1 atom stereocenters. The number of benzene rings is 1. The molecule has 2 nitrogen and oxygen atoms in total. The zero-order valence-corrected chi connectivity index (χ0v) is 11.2. The number of hydrogen-bond donors (Lipinski definition) is 1. The van der Waals surface area contributed by atoms with Gasteiger partial charge < -0.3 is 5.32 Å². The zero-order chi connectivity index (χ0) is 12.0. The normalized spacial score (nSPS) is 12.7. The Morgan fingerprint density at radius 1 is 1.31 bits per heavy atom. The summed E-state index contributed by atoms with van der Waals surface area (Å²) < 4.78 is 11.2. The van der Waals surface area contributed by atoms with Crippen LogP contribution in [0.15, 0.2) is 18.2 Å². The number of hydrogen-bond acceptors (Lipinski definition) is 2. The molecule has 1 rings (SSSR count). The maximum Gasteiger partial charge on any atom is 0.0360 e. The van der Waals surface area contributed by atoms with Crippen molar-refractivity contribution >= 4 is 10.8 Å². The van der Waals surface area contributed by atoms with Crippen LogP contribution in [0.1, 0.15) is 23.6 Å². The smallest absolute Gasteiger partial charge is 0.0360 e. The highest BCUT2D eigenvalue weighted by Crippen LogP contribution is 2.09. The van der Waals surface area contributed by atoms with Gasteiger partial charge in [-0.25, -0.2) is 0 Å². The SMILES string of the molecule is CCS(=O)CCNCc1ccc(C)cc1C. The monoisotopic (exact) mass is 239 g/mol. The molecule has 1 unspecified atom stereocenters. The summed E-state index contributed by atoms with van der Waals surface area (Å²) >= 11 is 0. The Balaban J connectivity index is 2.35. The molecule has 0 aliphatic heterocycles. The van der Waals surface area contributed by atoms with Crippen LogP contribution in [0.3, 0.4) is 0 Å². The molecule has 0 aliphatic rings. The molecular formula is C13H21NOS. The first-order valence-corrected chi connectivity index (χ1v) is 7.24. The van der Waals surface area contributed by atoms with Gasteiger partial charge in [0.2, 0.25) is 0 Å². The highest BCUT2D eigenvalue weighted by atomic mass is 32.2. The van der Waals surface area contributed by atoms with Gasteiger partial charge in [-0.1, -0.05) is 30.7 Å². The van der Waals surface area contributed by atoms with E-state index in [-0.39, 0.29) is 0 Å². The molecular weight excluding hydrogens is 218 g/mol. The fourth-order valence-corrected chi connectivity index (χ4v) is 2.26. The van der Waals surface area contributed by atoms with Crippen molar-refractivity contribution < 1.29 is 4.21 Å². The first-order chi connectivity index (χ1) is 7.63. The predicted molar refractivity (Wildman–Crippen MR) is 71.2 cm³/mol. The van der Waals surface area contributed by atoms with E-state index < -0.39 is 10.8 Å². The molecule has 90 valence electrons. The molecule has 0 saturated carbocycles. The lowest BCUT2D eigenvalue weighted by Crippen LogP contribution is -2.21. The molecule has 0 amide bonds. The minimum absolute atomic E-state index is 0.656. The minimum atomic E-state index is -0.656. The summed E-state index contributed by atoms with van der Waals surface area (Å²) in [5.41, 5.74) is 3.95. The van der Waals surface area contributed by atoms with Crippen LogP contribution in [0.25, 0.3) is 0 Å². The number of aryl methyl sites for hydroxylation is 2. The summed E-state index contributed by atoms with van der Waals surface area (Å²) in [5.74, 6) is 1.51. The highest BCUT2D eigenvalue weighted by Gasteiger charge is 1.99. The van der Waals surface area contributed by atoms with Gasteiger partial charge in [0, 0.05) is 35.4 Å². The van der Waals surface area contributed by atoms with Crippen LogP contribution >= 0.6 is 0 Å². The maximum absolute atomic E-state index is 11.2. The van der Waals surface area contributed by atoms with Crippen molar-refractivity contribution in [3.05, 3.63) is 34.9 Å². The second-order valence-electron chi connectivity index (χ2n) is 4.04. The van der Waals surface area contributed by atoms with Crippen LogP contribution < -0.4 is 5.32 Å². The molecule has 1 N–H and O–H groups in total. The van der Waals surface area contributed by atoms with E-state index in [1.54, 1.807) is 0 Å². The van der Waals surface area contributed by atoms with Gasteiger partial charge in [-0.15, -0.1) is 0 Å². The Labute approximate surface area is 101 Å². The average Bonchev–Trinajstić information content (AvgIpc) is 2.26. The van der Waals surface area contributed by atoms with E-state index in [1.165, 1.54) is 16.7 Å². The molecule has 0 saturated heterocycles. The standard InChI is InChI=1S/C13H21NOS/c1-4-16(15)8-7-14-10-13-6-5-11(2)9-12(13)3/h5-6,9,14H,4,7-8,10H2,1-3H3. The van der Waals surface area contributed by atoms with Gasteiger partial charge >= 0.3 is 0 Å². The largest absolute Gasteiger partial charge is 0.312 e. The Hall–Kier alpha value is -0.670. The Morgan fingerprint density at radius 2 is 2.06 bits per heavy atom. The molecule has 0 spiro atoms. The molecule has 16 heavy (non-hydrogen) atoms. The van der Waals surface area contributed by atoms with Crippen molar-refractivity contribution in [2.45, 2.75) is 27.3 Å². The summed E-state index contributed by atoms with van der Waals surface area (Å²) in [7, 11) is -0.656. The lowest BCUT2D eigenvalue weighted by atomic mass is 10.1. The van der Waals surface area contributed by atoms with Gasteiger partial charge in [-0.3, -0.25) is 4.21 Å². The summed E-state index contributed by atoms with van der Waals surface area (Å²) in [5, 5.41) is 3.33. The third-order valence-electron chi connectivity index (χ3n) is 2.64. The topological polar surface area (TPSA) is 29.1 Å². The molecule has 3 heteroatoms. The molecule has 0 aliphatic carbocycles. The van der Waals surface area contributed by atoms with Crippen LogP contribution in [0.2, 0.25) is 0 Å². The van der Waals surface area contributed by atoms with E-state index >= 15 is 0 Å². The second kappa shape index (κ2) is 6.81. The van der Waals surface area contributed by atoms with E-state index in [2.05, 4.69) is 37.4 Å². The number of nitrogens with one attached hydrogen (secondary N) is 1. The predicted octanol–water partition coefficient (Wildman–Crippen LogP) is 2.16. The Bertz CT molecular complexity index is 363. The van der Waals surface area contributed by atoms with Gasteiger partial charge in [0.1, 0.15) is 0 Å². The van der Waals surface area contributed by atoms with Gasteiger partial charge in [0.15, 0.2) is 0 Å². The molecule has 0 radical (unpaired) electrons. The highest BCUT2D eigenvalue weighted by molar-refractivity contribution is 7.84. The summed E-state index contributed by atoms with van der Waals surface area (Å²) in [6.07, 6.45) is 0. The number of rotatable bonds is 6. The Morgan fingerprint density at radius 3 is 2.69 bits per heavy atom. The van der Waals surface area contributed by atoms with Gasteiger partial charge in [0.05, 0.1) is 0 Å². The van der Waals surface area contributed by atoms with E-state index in [0.29, 0.717) is 0 Å². The quantitative estimate of drug-likeness (QED) is 0.771. The van der Waals surface area contributed by atoms with Crippen LogP contribution in [-0.4, -0.2) is 22.3 Å². The lowest BCUT2D eigenvalue weighted by molar-refractivity contribution is 0.673. The molecule has 0 heterocycles. The summed E-state index contributed by atoms with van der Waals surface area (Å²) in [6.45, 7) is 7.89. The van der Waals surface area contributed by atoms with Crippen molar-refractivity contribution in [2.24, 2.45) is 0 Å². The van der Waals surface area contributed by atoms with Crippen molar-refractivity contribution in [3.63, 3.8) is 0 Å². The first kappa shape index (κ1) is 13.4. The van der Waals surface area contributed by atoms with Crippen molar-refractivity contribution in [3.8, 4) is 0 Å². The molecule has 1 aromatic rings. The van der Waals surface area contributed by atoms with Gasteiger partial charge in [-0.2, -0.15) is 0 Å². The van der Waals surface area contributed by atoms with Crippen LogP contribution in [0.5, 0.6) is 0 Å². The summed E-state index contributed by atoms with van der Waals surface area (Å²) in [4.78, 5) is 0. The molecule has 0 bridgehead atoms. The zero-order valence-electron chi connectivity index (χ0n) is 10.4. The van der Waals surface area contributed by atoms with Crippen molar-refractivity contribution in [1.82, 2.24) is 5.32 Å². The third-order valence-corrected chi connectivity index (χ3v) is 3.95. The maximum atomic E-state index is 11.2. The molecule has 0 aromatic heterocycles. The Kier molecular flexibility index (Phi) is 5.71. The molecule has 0 fully saturated rings. The summed E-state index contributed by atoms with van der Waals surface area (Å²) in [6, 6.07) is 6.49. The molecule has 1 aromatic carbocycles. The van der Waals surface area contributed by atoms with E-state index in [4.69, 9.17) is 0 Å². The fourth-order valence-electron chi connectivity index (χ4n) is 1.60. The van der Waals surface area contributed by atoms with E-state index in [9.17, 15) is 4.21 Å². The minimum Gasteiger partial charge on any atom is -0.312 e. The fraction of sp³-hybridized carbons (Fsp3) is 0.538. The first-order valence-electron chi connectivity index (χ1n) is 5.75. The van der Waals surface area contributed by atoms with Gasteiger partial charge in [-0.05, 0) is 25.0 Å². The van der Waals surface area contributed by atoms with Crippen LogP contribution in [0, 0.1) is 13.8 Å². The van der Waals surface area contributed by atoms with Crippen molar-refractivity contribution in [2.75, 3.05) is 18.1 Å². The van der Waals surface area contributed by atoms with Crippen LogP contribution in [0.4, 0.5) is 0 Å².